The fourth-order valence-electron chi connectivity index (χ4n) is 2.38. The third-order valence-corrected chi connectivity index (χ3v) is 3.63. The first-order valence-electron chi connectivity index (χ1n) is 7.62. The summed E-state index contributed by atoms with van der Waals surface area (Å²) in [6, 6.07) is 12.9. The van der Waals surface area contributed by atoms with Gasteiger partial charge in [0.25, 0.3) is 0 Å². The van der Waals surface area contributed by atoms with Crippen LogP contribution in [0.5, 0.6) is 0 Å². The molecular weight excluding hydrogens is 324 g/mol. The van der Waals surface area contributed by atoms with Crippen LogP contribution in [0.15, 0.2) is 53.7 Å². The van der Waals surface area contributed by atoms with Gasteiger partial charge in [-0.15, -0.1) is 4.91 Å². The van der Waals surface area contributed by atoms with Gasteiger partial charge in [-0.25, -0.2) is 4.79 Å². The summed E-state index contributed by atoms with van der Waals surface area (Å²) in [5.41, 5.74) is 2.23. The molecule has 0 saturated heterocycles. The van der Waals surface area contributed by atoms with E-state index < -0.39 is 18.1 Å². The fourth-order valence-corrected chi connectivity index (χ4v) is 2.38. The molecule has 0 aliphatic rings. The van der Waals surface area contributed by atoms with Crippen LogP contribution in [-0.2, 0) is 16.1 Å². The van der Waals surface area contributed by atoms with Gasteiger partial charge in [0, 0.05) is 0 Å². The van der Waals surface area contributed by atoms with Crippen molar-refractivity contribution in [2.45, 2.75) is 26.0 Å². The minimum Gasteiger partial charge on any atom is -0.481 e. The van der Waals surface area contributed by atoms with E-state index in [1.807, 2.05) is 30.3 Å². The largest absolute Gasteiger partial charge is 0.481 e. The number of carboxylic acid groups (broad SMARTS) is 1. The molecule has 0 spiro atoms. The number of carbonyl (C=O) groups is 2. The second-order valence-electron chi connectivity index (χ2n) is 5.49. The molecule has 130 valence electrons. The van der Waals surface area contributed by atoms with Crippen molar-refractivity contribution in [3.63, 3.8) is 0 Å². The lowest BCUT2D eigenvalue weighted by molar-refractivity contribution is -0.137. The maximum atomic E-state index is 12.0. The van der Waals surface area contributed by atoms with Crippen LogP contribution < -0.4 is 5.32 Å². The van der Waals surface area contributed by atoms with Crippen molar-refractivity contribution in [2.24, 2.45) is 5.18 Å². The SMILES string of the molecule is Cc1ccc(N=O)cc1C(CC(=O)O)NC(=O)OCc1ccccc1. The third-order valence-electron chi connectivity index (χ3n) is 3.63. The van der Waals surface area contributed by atoms with E-state index in [1.54, 1.807) is 13.0 Å². The number of aliphatic carboxylic acids is 1. The molecule has 25 heavy (non-hydrogen) atoms. The van der Waals surface area contributed by atoms with Gasteiger partial charge in [0.15, 0.2) is 0 Å². The van der Waals surface area contributed by atoms with Crippen molar-refractivity contribution in [1.29, 1.82) is 0 Å². The second-order valence-corrected chi connectivity index (χ2v) is 5.49. The standard InChI is InChI=1S/C18H18N2O5/c1-12-7-8-14(20-24)9-15(12)16(10-17(21)22)19-18(23)25-11-13-5-3-2-4-6-13/h2-9,16H,10-11H2,1H3,(H,19,23)(H,21,22). The summed E-state index contributed by atoms with van der Waals surface area (Å²) in [7, 11) is 0. The molecule has 0 aliphatic carbocycles. The molecule has 7 nitrogen and oxygen atoms in total. The van der Waals surface area contributed by atoms with Crippen molar-refractivity contribution in [1.82, 2.24) is 5.32 Å². The number of aryl methyl sites for hydroxylation is 1. The van der Waals surface area contributed by atoms with Gasteiger partial charge < -0.3 is 15.2 Å². The number of hydrogen-bond acceptors (Lipinski definition) is 5. The zero-order chi connectivity index (χ0) is 18.2. The number of carboxylic acids is 1. The van der Waals surface area contributed by atoms with Gasteiger partial charge in [0.2, 0.25) is 0 Å². The van der Waals surface area contributed by atoms with Gasteiger partial charge in [-0.1, -0.05) is 36.4 Å². The van der Waals surface area contributed by atoms with E-state index in [4.69, 9.17) is 9.84 Å². The van der Waals surface area contributed by atoms with E-state index >= 15 is 0 Å². The summed E-state index contributed by atoms with van der Waals surface area (Å²) in [5.74, 6) is -1.09. The van der Waals surface area contributed by atoms with E-state index in [0.717, 1.165) is 11.1 Å². The van der Waals surface area contributed by atoms with Crippen LogP contribution in [0, 0.1) is 11.8 Å². The Morgan fingerprint density at radius 3 is 2.56 bits per heavy atom. The monoisotopic (exact) mass is 342 g/mol. The Bertz CT molecular complexity index is 761. The molecule has 2 aromatic carbocycles. The Morgan fingerprint density at radius 2 is 1.92 bits per heavy atom. The minimum absolute atomic E-state index is 0.0708. The summed E-state index contributed by atoms with van der Waals surface area (Å²) in [5, 5.41) is 14.5. The molecule has 0 aromatic heterocycles. The number of rotatable bonds is 7. The van der Waals surface area contributed by atoms with Gasteiger partial charge in [-0.05, 0) is 40.9 Å². The van der Waals surface area contributed by atoms with Crippen LogP contribution >= 0.6 is 0 Å². The Morgan fingerprint density at radius 1 is 1.20 bits per heavy atom. The minimum atomic E-state index is -1.09. The lowest BCUT2D eigenvalue weighted by atomic mass is 9.98. The van der Waals surface area contributed by atoms with Gasteiger partial charge in [-0.2, -0.15) is 0 Å². The maximum Gasteiger partial charge on any atom is 0.407 e. The lowest BCUT2D eigenvalue weighted by Crippen LogP contribution is -2.31. The number of hydrogen-bond donors (Lipinski definition) is 2. The number of carbonyl (C=O) groups excluding carboxylic acids is 1. The number of nitrogens with zero attached hydrogens (tertiary/aromatic N) is 1. The Balaban J connectivity index is 2.10. The van der Waals surface area contributed by atoms with Crippen LogP contribution in [0.4, 0.5) is 10.5 Å². The van der Waals surface area contributed by atoms with E-state index in [-0.39, 0.29) is 18.7 Å². The number of alkyl carbamates (subject to hydrolysis) is 1. The van der Waals surface area contributed by atoms with Crippen molar-refractivity contribution in [2.75, 3.05) is 0 Å². The zero-order valence-electron chi connectivity index (χ0n) is 13.6. The number of ether oxygens (including phenoxy) is 1. The van der Waals surface area contributed by atoms with Gasteiger partial charge in [0.05, 0.1) is 12.5 Å². The lowest BCUT2D eigenvalue weighted by Gasteiger charge is -2.19. The predicted octanol–water partition coefficient (Wildman–Crippen LogP) is 3.84. The highest BCUT2D eigenvalue weighted by atomic mass is 16.5. The topological polar surface area (TPSA) is 105 Å². The number of nitroso groups, excluding NO2 is 1. The molecule has 0 aliphatic heterocycles. The normalized spacial score (nSPS) is 11.4. The Hall–Kier alpha value is -3.22. The summed E-state index contributed by atoms with van der Waals surface area (Å²) in [6.45, 7) is 1.83. The molecule has 0 saturated carbocycles. The molecule has 1 atom stereocenters. The van der Waals surface area contributed by atoms with E-state index in [9.17, 15) is 14.5 Å². The first-order chi connectivity index (χ1) is 12.0. The molecular formula is C18H18N2O5. The zero-order valence-corrected chi connectivity index (χ0v) is 13.6. The molecule has 1 unspecified atom stereocenters. The summed E-state index contributed by atoms with van der Waals surface area (Å²) < 4.78 is 5.13. The Kier molecular flexibility index (Phi) is 6.22. The van der Waals surface area contributed by atoms with Gasteiger partial charge >= 0.3 is 12.1 Å². The van der Waals surface area contributed by atoms with E-state index in [0.29, 0.717) is 5.56 Å². The number of nitrogens with one attached hydrogen (secondary N) is 1. The van der Waals surface area contributed by atoms with Crippen LogP contribution in [0.2, 0.25) is 0 Å². The average molecular weight is 342 g/mol. The molecule has 0 heterocycles. The van der Waals surface area contributed by atoms with Gasteiger partial charge in [0.1, 0.15) is 12.3 Å². The highest BCUT2D eigenvalue weighted by Crippen LogP contribution is 2.26. The first kappa shape index (κ1) is 18.1. The Labute approximate surface area is 144 Å². The van der Waals surface area contributed by atoms with Crippen molar-refractivity contribution in [3.8, 4) is 0 Å². The molecule has 7 heteroatoms. The molecule has 2 aromatic rings. The molecule has 2 rings (SSSR count). The molecule has 2 N–H and O–H groups in total. The van der Waals surface area contributed by atoms with Crippen molar-refractivity contribution < 1.29 is 19.4 Å². The summed E-state index contributed by atoms with van der Waals surface area (Å²) in [6.07, 6.45) is -1.08. The van der Waals surface area contributed by atoms with Crippen LogP contribution in [0.3, 0.4) is 0 Å². The first-order valence-corrected chi connectivity index (χ1v) is 7.62. The molecule has 1 amide bonds. The molecule has 0 fully saturated rings. The summed E-state index contributed by atoms with van der Waals surface area (Å²) in [4.78, 5) is 33.9. The predicted molar refractivity (Wildman–Crippen MR) is 91.4 cm³/mol. The van der Waals surface area contributed by atoms with Crippen LogP contribution in [-0.4, -0.2) is 17.2 Å². The molecule has 0 radical (unpaired) electrons. The van der Waals surface area contributed by atoms with Crippen molar-refractivity contribution >= 4 is 17.7 Å². The fraction of sp³-hybridized carbons (Fsp3) is 0.222. The van der Waals surface area contributed by atoms with Crippen LogP contribution in [0.25, 0.3) is 0 Å². The van der Waals surface area contributed by atoms with E-state index in [1.165, 1.54) is 12.1 Å². The quantitative estimate of drug-likeness (QED) is 0.744. The number of benzene rings is 2. The number of amides is 1. The van der Waals surface area contributed by atoms with Crippen LogP contribution in [0.1, 0.15) is 29.2 Å². The van der Waals surface area contributed by atoms with E-state index in [2.05, 4.69) is 10.5 Å². The third kappa shape index (κ3) is 5.42. The maximum absolute atomic E-state index is 12.0. The second kappa shape index (κ2) is 8.58. The van der Waals surface area contributed by atoms with Crippen molar-refractivity contribution in [3.05, 3.63) is 70.1 Å². The smallest absolute Gasteiger partial charge is 0.407 e. The highest BCUT2D eigenvalue weighted by molar-refractivity contribution is 5.72. The average Bonchev–Trinajstić information content (AvgIpc) is 2.60. The molecule has 0 bridgehead atoms. The summed E-state index contributed by atoms with van der Waals surface area (Å²) >= 11 is 0. The highest BCUT2D eigenvalue weighted by Gasteiger charge is 2.21. The van der Waals surface area contributed by atoms with Gasteiger partial charge in [-0.3, -0.25) is 4.79 Å².